The molecule has 0 spiro atoms. The third kappa shape index (κ3) is 2.45. The van der Waals surface area contributed by atoms with Gasteiger partial charge in [-0.3, -0.25) is 4.79 Å². The number of aromatic nitrogens is 3. The van der Waals surface area contributed by atoms with Crippen molar-refractivity contribution in [2.24, 2.45) is 17.3 Å². The number of halogens is 1. The lowest BCUT2D eigenvalue weighted by atomic mass is 9.46. The van der Waals surface area contributed by atoms with Crippen LogP contribution in [0.1, 0.15) is 44.1 Å². The normalized spacial score (nSPS) is 34.8. The number of aryl methyl sites for hydroxylation is 1. The van der Waals surface area contributed by atoms with Gasteiger partial charge in [0.15, 0.2) is 0 Å². The van der Waals surface area contributed by atoms with Crippen LogP contribution in [-0.2, 0) is 10.3 Å². The van der Waals surface area contributed by atoms with Crippen LogP contribution in [0.15, 0.2) is 35.3 Å². The number of nitrogens with zero attached hydrogens (tertiary/aromatic N) is 3. The van der Waals surface area contributed by atoms with E-state index in [0.29, 0.717) is 11.8 Å². The minimum absolute atomic E-state index is 0.0211. The molecule has 2 aromatic rings. The van der Waals surface area contributed by atoms with E-state index < -0.39 is 0 Å². The maximum Gasteiger partial charge on any atom is 0.230 e. The van der Waals surface area contributed by atoms with E-state index in [0.717, 1.165) is 47.8 Å². The summed E-state index contributed by atoms with van der Waals surface area (Å²) in [6.45, 7) is 2.04. The highest BCUT2D eigenvalue weighted by Crippen LogP contribution is 2.64. The monoisotopic (exact) mass is 414 g/mol. The van der Waals surface area contributed by atoms with Gasteiger partial charge in [-0.05, 0) is 81.0 Å². The molecular formula is C20H23BrN4O. The smallest absolute Gasteiger partial charge is 0.230 e. The summed E-state index contributed by atoms with van der Waals surface area (Å²) in [7, 11) is 0. The minimum Gasteiger partial charge on any atom is -0.325 e. The van der Waals surface area contributed by atoms with Crippen LogP contribution < -0.4 is 5.32 Å². The van der Waals surface area contributed by atoms with Crippen LogP contribution >= 0.6 is 15.9 Å². The summed E-state index contributed by atoms with van der Waals surface area (Å²) in [5.74, 6) is 1.44. The molecule has 2 unspecified atom stereocenters. The predicted octanol–water partition coefficient (Wildman–Crippen LogP) is 4.28. The molecule has 4 fully saturated rings. The molecule has 1 aromatic heterocycles. The Hall–Kier alpha value is -1.69. The molecule has 1 amide bonds. The number of anilines is 1. The van der Waals surface area contributed by atoms with Gasteiger partial charge in [0.2, 0.25) is 5.91 Å². The van der Waals surface area contributed by atoms with Crippen molar-refractivity contribution in [1.82, 2.24) is 14.8 Å². The standard InChI is InChI=1S/C20H23BrN4O/c1-13-4-16(21)2-3-17(13)24-18(26)19-6-14-5-15(7-19)9-20(8-14,10-19)25-12-22-11-23-25/h2-4,11-12,14-15H,5-10H2,1H3,(H,24,26). The maximum absolute atomic E-state index is 13.4. The fourth-order valence-electron chi connectivity index (χ4n) is 6.22. The fraction of sp³-hybridized carbons (Fsp3) is 0.550. The average molecular weight is 415 g/mol. The molecule has 0 saturated heterocycles. The summed E-state index contributed by atoms with van der Waals surface area (Å²) >= 11 is 3.49. The first-order valence-corrected chi connectivity index (χ1v) is 10.2. The van der Waals surface area contributed by atoms with E-state index in [1.165, 1.54) is 6.42 Å². The van der Waals surface area contributed by atoms with Gasteiger partial charge in [-0.1, -0.05) is 15.9 Å². The first kappa shape index (κ1) is 16.5. The topological polar surface area (TPSA) is 59.8 Å². The predicted molar refractivity (Wildman–Crippen MR) is 103 cm³/mol. The van der Waals surface area contributed by atoms with Gasteiger partial charge >= 0.3 is 0 Å². The van der Waals surface area contributed by atoms with Crippen LogP contribution in [-0.4, -0.2) is 20.7 Å². The Morgan fingerprint density at radius 3 is 2.69 bits per heavy atom. The zero-order valence-electron chi connectivity index (χ0n) is 14.9. The van der Waals surface area contributed by atoms with Crippen LogP contribution in [0.2, 0.25) is 0 Å². The minimum atomic E-state index is -0.268. The van der Waals surface area contributed by atoms with Crippen molar-refractivity contribution in [3.05, 3.63) is 40.9 Å². The molecule has 2 atom stereocenters. The van der Waals surface area contributed by atoms with Crippen molar-refractivity contribution in [3.63, 3.8) is 0 Å². The number of carbonyl (C=O) groups is 1. The zero-order chi connectivity index (χ0) is 17.9. The quantitative estimate of drug-likeness (QED) is 0.814. The molecule has 5 nitrogen and oxygen atoms in total. The highest BCUT2D eigenvalue weighted by molar-refractivity contribution is 9.10. The molecule has 4 bridgehead atoms. The summed E-state index contributed by atoms with van der Waals surface area (Å²) in [6.07, 6.45) is 9.93. The van der Waals surface area contributed by atoms with Gasteiger partial charge in [-0.2, -0.15) is 5.10 Å². The molecule has 1 N–H and O–H groups in total. The van der Waals surface area contributed by atoms with Crippen molar-refractivity contribution >= 4 is 27.5 Å². The second-order valence-corrected chi connectivity index (χ2v) is 9.63. The van der Waals surface area contributed by atoms with Crippen molar-refractivity contribution in [2.75, 3.05) is 5.32 Å². The lowest BCUT2D eigenvalue weighted by Crippen LogP contribution is -2.60. The molecule has 6 rings (SSSR count). The molecular weight excluding hydrogens is 392 g/mol. The molecule has 0 radical (unpaired) electrons. The molecule has 4 aliphatic rings. The van der Waals surface area contributed by atoms with Crippen LogP contribution in [0.4, 0.5) is 5.69 Å². The van der Waals surface area contributed by atoms with E-state index in [2.05, 4.69) is 36.0 Å². The third-order valence-electron chi connectivity index (χ3n) is 6.85. The Kier molecular flexibility index (Phi) is 3.58. The van der Waals surface area contributed by atoms with E-state index in [1.807, 2.05) is 31.5 Å². The highest BCUT2D eigenvalue weighted by atomic mass is 79.9. The van der Waals surface area contributed by atoms with E-state index in [9.17, 15) is 4.79 Å². The summed E-state index contributed by atoms with van der Waals surface area (Å²) in [6, 6.07) is 6.02. The van der Waals surface area contributed by atoms with Gasteiger partial charge in [-0.15, -0.1) is 0 Å². The third-order valence-corrected chi connectivity index (χ3v) is 7.35. The van der Waals surface area contributed by atoms with Crippen molar-refractivity contribution in [2.45, 2.75) is 51.0 Å². The highest BCUT2D eigenvalue weighted by Gasteiger charge is 2.61. The maximum atomic E-state index is 13.4. The van der Waals surface area contributed by atoms with Gasteiger partial charge in [0.25, 0.3) is 0 Å². The molecule has 136 valence electrons. The number of nitrogens with one attached hydrogen (secondary N) is 1. The van der Waals surface area contributed by atoms with Gasteiger partial charge < -0.3 is 5.32 Å². The zero-order valence-corrected chi connectivity index (χ0v) is 16.5. The average Bonchev–Trinajstić information content (AvgIpc) is 3.11. The molecule has 1 aromatic carbocycles. The Labute approximate surface area is 161 Å². The summed E-state index contributed by atoms with van der Waals surface area (Å²) < 4.78 is 3.09. The Morgan fingerprint density at radius 2 is 2.04 bits per heavy atom. The number of benzene rings is 1. The second kappa shape index (κ2) is 5.65. The molecule has 4 saturated carbocycles. The Bertz CT molecular complexity index is 849. The Balaban J connectivity index is 1.47. The number of hydrogen-bond acceptors (Lipinski definition) is 3. The lowest BCUT2D eigenvalue weighted by molar-refractivity contribution is -0.150. The Morgan fingerprint density at radius 1 is 1.27 bits per heavy atom. The lowest BCUT2D eigenvalue weighted by Gasteiger charge is -2.60. The molecule has 4 aliphatic carbocycles. The number of hydrogen-bond donors (Lipinski definition) is 1. The summed E-state index contributed by atoms with van der Waals surface area (Å²) in [5, 5.41) is 7.73. The fourth-order valence-corrected chi connectivity index (χ4v) is 6.70. The van der Waals surface area contributed by atoms with Crippen LogP contribution in [0.3, 0.4) is 0 Å². The van der Waals surface area contributed by atoms with E-state index in [4.69, 9.17) is 0 Å². The van der Waals surface area contributed by atoms with E-state index in [1.54, 1.807) is 6.33 Å². The van der Waals surface area contributed by atoms with Crippen LogP contribution in [0, 0.1) is 24.2 Å². The van der Waals surface area contributed by atoms with Gasteiger partial charge in [0.05, 0.1) is 11.0 Å². The van der Waals surface area contributed by atoms with Crippen molar-refractivity contribution in [3.8, 4) is 0 Å². The first-order chi connectivity index (χ1) is 12.5. The van der Waals surface area contributed by atoms with Crippen molar-refractivity contribution in [1.29, 1.82) is 0 Å². The second-order valence-electron chi connectivity index (χ2n) is 8.72. The van der Waals surface area contributed by atoms with Gasteiger partial charge in [-0.25, -0.2) is 9.67 Å². The summed E-state index contributed by atoms with van der Waals surface area (Å²) in [5.41, 5.74) is 1.72. The van der Waals surface area contributed by atoms with E-state index >= 15 is 0 Å². The number of rotatable bonds is 3. The number of amides is 1. The molecule has 0 aliphatic heterocycles. The largest absolute Gasteiger partial charge is 0.325 e. The molecule has 1 heterocycles. The van der Waals surface area contributed by atoms with Gasteiger partial charge in [0, 0.05) is 10.2 Å². The molecule has 26 heavy (non-hydrogen) atoms. The first-order valence-electron chi connectivity index (χ1n) is 9.41. The molecule has 6 heteroatoms. The van der Waals surface area contributed by atoms with Gasteiger partial charge in [0.1, 0.15) is 12.7 Å². The van der Waals surface area contributed by atoms with E-state index in [-0.39, 0.29) is 16.9 Å². The van der Waals surface area contributed by atoms with Crippen LogP contribution in [0.25, 0.3) is 0 Å². The number of carbonyl (C=O) groups excluding carboxylic acids is 1. The summed E-state index contributed by atoms with van der Waals surface area (Å²) in [4.78, 5) is 17.6. The van der Waals surface area contributed by atoms with Crippen LogP contribution in [0.5, 0.6) is 0 Å². The SMILES string of the molecule is Cc1cc(Br)ccc1NC(=O)C12CC3CC(C1)CC(n1cncn1)(C3)C2. The van der Waals surface area contributed by atoms with Crippen molar-refractivity contribution < 1.29 is 4.79 Å².